The normalized spacial score (nSPS) is 23.4. The zero-order valence-corrected chi connectivity index (χ0v) is 16.6. The average molecular weight is 379 g/mol. The zero-order chi connectivity index (χ0) is 19.9. The number of nitrogens with two attached hydrogens (primary N) is 1. The lowest BCUT2D eigenvalue weighted by Gasteiger charge is -2.30. The average Bonchev–Trinajstić information content (AvgIpc) is 2.64. The van der Waals surface area contributed by atoms with E-state index in [0.29, 0.717) is 17.9 Å². The van der Waals surface area contributed by atoms with Crippen LogP contribution >= 0.6 is 0 Å². The van der Waals surface area contributed by atoms with Gasteiger partial charge < -0.3 is 20.7 Å². The van der Waals surface area contributed by atoms with Crippen molar-refractivity contribution in [1.29, 1.82) is 0 Å². The molecular formula is C21H34N2O4. The lowest BCUT2D eigenvalue weighted by atomic mass is 9.86. The van der Waals surface area contributed by atoms with E-state index in [0.717, 1.165) is 50.9 Å². The van der Waals surface area contributed by atoms with Gasteiger partial charge in [-0.2, -0.15) is 0 Å². The molecule has 6 nitrogen and oxygen atoms in total. The number of hydrogen-bond donors (Lipinski definition) is 3. The molecule has 1 heterocycles. The maximum Gasteiger partial charge on any atom is 0.337 e. The minimum atomic E-state index is -2.03. The second-order valence-corrected chi connectivity index (χ2v) is 7.99. The Labute approximate surface area is 162 Å². The summed E-state index contributed by atoms with van der Waals surface area (Å²) < 4.78 is 6.06. The molecule has 1 saturated carbocycles. The number of carboxylic acid groups (broad SMARTS) is 1. The van der Waals surface area contributed by atoms with Crippen LogP contribution in [0.4, 0.5) is 0 Å². The van der Waals surface area contributed by atoms with Crippen molar-refractivity contribution in [2.45, 2.75) is 89.4 Å². The van der Waals surface area contributed by atoms with Gasteiger partial charge in [-0.25, -0.2) is 4.79 Å². The third kappa shape index (κ3) is 6.18. The molecule has 1 aliphatic carbocycles. The third-order valence-corrected chi connectivity index (χ3v) is 5.61. The van der Waals surface area contributed by atoms with E-state index < -0.39 is 17.6 Å². The number of ether oxygens (including phenoxy) is 1. The number of aliphatic hydroxyl groups is 1. The van der Waals surface area contributed by atoms with Crippen molar-refractivity contribution in [1.82, 2.24) is 4.98 Å². The van der Waals surface area contributed by atoms with Crippen LogP contribution in [0.3, 0.4) is 0 Å². The van der Waals surface area contributed by atoms with E-state index in [4.69, 9.17) is 10.5 Å². The second-order valence-electron chi connectivity index (χ2n) is 7.99. The van der Waals surface area contributed by atoms with Crippen LogP contribution in [0.5, 0.6) is 5.75 Å². The molecular weight excluding hydrogens is 344 g/mol. The van der Waals surface area contributed by atoms with E-state index >= 15 is 0 Å². The molecule has 2 rings (SSSR count). The first-order valence-electron chi connectivity index (χ1n) is 10.2. The number of aromatic nitrogens is 1. The quantitative estimate of drug-likeness (QED) is 0.539. The van der Waals surface area contributed by atoms with Crippen molar-refractivity contribution in [2.75, 3.05) is 0 Å². The van der Waals surface area contributed by atoms with E-state index in [-0.39, 0.29) is 12.5 Å². The summed E-state index contributed by atoms with van der Waals surface area (Å²) in [4.78, 5) is 16.0. The molecule has 152 valence electrons. The van der Waals surface area contributed by atoms with Crippen LogP contribution in [0.1, 0.15) is 70.9 Å². The van der Waals surface area contributed by atoms with Gasteiger partial charge in [-0.1, -0.05) is 33.1 Å². The number of pyridine rings is 1. The fraction of sp³-hybridized carbons (Fsp3) is 0.714. The van der Waals surface area contributed by atoms with Crippen molar-refractivity contribution in [3.8, 4) is 5.75 Å². The molecule has 0 radical (unpaired) electrons. The summed E-state index contributed by atoms with van der Waals surface area (Å²) >= 11 is 0. The monoisotopic (exact) mass is 378 g/mol. The number of rotatable bonds is 10. The van der Waals surface area contributed by atoms with Gasteiger partial charge in [0.25, 0.3) is 0 Å². The Kier molecular flexibility index (Phi) is 8.05. The smallest absolute Gasteiger partial charge is 0.337 e. The van der Waals surface area contributed by atoms with E-state index in [9.17, 15) is 15.0 Å². The van der Waals surface area contributed by atoms with Gasteiger partial charge in [0.15, 0.2) is 5.60 Å². The van der Waals surface area contributed by atoms with Gasteiger partial charge in [0.05, 0.1) is 6.10 Å². The number of unbranched alkanes of at least 4 members (excludes halogenated alkanes) is 2. The lowest BCUT2D eigenvalue weighted by molar-refractivity contribution is -0.161. The maximum absolute atomic E-state index is 11.7. The van der Waals surface area contributed by atoms with Crippen LogP contribution in [-0.2, 0) is 11.2 Å². The van der Waals surface area contributed by atoms with Gasteiger partial charge in [-0.05, 0) is 44.1 Å². The lowest BCUT2D eigenvalue weighted by Crippen LogP contribution is -2.55. The highest BCUT2D eigenvalue weighted by Gasteiger charge is 2.42. The molecule has 0 saturated heterocycles. The van der Waals surface area contributed by atoms with Gasteiger partial charge in [-0.15, -0.1) is 0 Å². The number of carboxylic acids is 1. The van der Waals surface area contributed by atoms with Crippen LogP contribution in [0, 0.1) is 5.92 Å². The van der Waals surface area contributed by atoms with Crippen LogP contribution in [0.15, 0.2) is 18.3 Å². The minimum Gasteiger partial charge on any atom is -0.490 e. The Morgan fingerprint density at radius 1 is 1.37 bits per heavy atom. The Morgan fingerprint density at radius 2 is 2.07 bits per heavy atom. The standard InChI is InChI=1S/C21H34N2O4/c1-3-4-5-6-19(22)21(26,20(24)25)14-16-13-18(11-12-23-16)27-17-9-7-15(2)8-10-17/h11-13,15,17,19,26H,3-10,14,22H2,1-2H3,(H,24,25)/t15?,17?,19-,21+/m0/s1. The Bertz CT molecular complexity index is 602. The Hall–Kier alpha value is -1.66. The van der Waals surface area contributed by atoms with Gasteiger partial charge in [0, 0.05) is 30.4 Å². The van der Waals surface area contributed by atoms with Crippen molar-refractivity contribution < 1.29 is 19.7 Å². The molecule has 4 N–H and O–H groups in total. The van der Waals surface area contributed by atoms with Crippen LogP contribution in [0.2, 0.25) is 0 Å². The van der Waals surface area contributed by atoms with Gasteiger partial charge >= 0.3 is 5.97 Å². The number of aliphatic carboxylic acids is 1. The first-order chi connectivity index (χ1) is 12.8. The molecule has 1 aromatic rings. The van der Waals surface area contributed by atoms with Crippen molar-refractivity contribution >= 4 is 5.97 Å². The van der Waals surface area contributed by atoms with Gasteiger partial charge in [0.2, 0.25) is 0 Å². The van der Waals surface area contributed by atoms with E-state index in [1.54, 1.807) is 18.3 Å². The predicted octanol–water partition coefficient (Wildman–Crippen LogP) is 3.30. The molecule has 6 heteroatoms. The SMILES string of the molecule is CCCCC[C@H](N)[C@](O)(Cc1cc(OC2CCC(C)CC2)ccn1)C(=O)O. The van der Waals surface area contributed by atoms with Crippen LogP contribution in [0.25, 0.3) is 0 Å². The summed E-state index contributed by atoms with van der Waals surface area (Å²) in [6.45, 7) is 4.33. The second kappa shape index (κ2) is 10.0. The molecule has 1 aliphatic rings. The van der Waals surface area contributed by atoms with Crippen LogP contribution < -0.4 is 10.5 Å². The van der Waals surface area contributed by atoms with Crippen molar-refractivity contribution in [3.63, 3.8) is 0 Å². The zero-order valence-electron chi connectivity index (χ0n) is 16.6. The molecule has 0 aliphatic heterocycles. The van der Waals surface area contributed by atoms with Crippen molar-refractivity contribution in [2.24, 2.45) is 11.7 Å². The number of nitrogens with zero attached hydrogens (tertiary/aromatic N) is 1. The summed E-state index contributed by atoms with van der Waals surface area (Å²) in [6, 6.07) is 2.67. The Balaban J connectivity index is 2.04. The molecule has 0 bridgehead atoms. The van der Waals surface area contributed by atoms with E-state index in [1.807, 2.05) is 0 Å². The molecule has 27 heavy (non-hydrogen) atoms. The van der Waals surface area contributed by atoms with Crippen molar-refractivity contribution in [3.05, 3.63) is 24.0 Å². The molecule has 0 unspecified atom stereocenters. The Morgan fingerprint density at radius 3 is 2.70 bits per heavy atom. The molecule has 2 atom stereocenters. The largest absolute Gasteiger partial charge is 0.490 e. The molecule has 1 fully saturated rings. The predicted molar refractivity (Wildman–Crippen MR) is 105 cm³/mol. The summed E-state index contributed by atoms with van der Waals surface area (Å²) in [5.41, 5.74) is 4.50. The topological polar surface area (TPSA) is 106 Å². The fourth-order valence-corrected chi connectivity index (χ4v) is 3.66. The minimum absolute atomic E-state index is 0.130. The summed E-state index contributed by atoms with van der Waals surface area (Å²) in [5, 5.41) is 20.3. The first-order valence-corrected chi connectivity index (χ1v) is 10.2. The summed E-state index contributed by atoms with van der Waals surface area (Å²) in [6.07, 6.45) is 9.27. The highest BCUT2D eigenvalue weighted by Crippen LogP contribution is 2.28. The number of carbonyl (C=O) groups is 1. The van der Waals surface area contributed by atoms with E-state index in [1.165, 1.54) is 0 Å². The molecule has 0 aromatic carbocycles. The maximum atomic E-state index is 11.7. The molecule has 0 spiro atoms. The van der Waals surface area contributed by atoms with E-state index in [2.05, 4.69) is 18.8 Å². The highest BCUT2D eigenvalue weighted by atomic mass is 16.5. The molecule has 0 amide bonds. The third-order valence-electron chi connectivity index (χ3n) is 5.61. The summed E-state index contributed by atoms with van der Waals surface area (Å²) in [7, 11) is 0. The number of hydrogen-bond acceptors (Lipinski definition) is 5. The molecule has 1 aromatic heterocycles. The fourth-order valence-electron chi connectivity index (χ4n) is 3.66. The van der Waals surface area contributed by atoms with Gasteiger partial charge in [0.1, 0.15) is 5.75 Å². The van der Waals surface area contributed by atoms with Gasteiger partial charge in [-0.3, -0.25) is 4.98 Å². The first kappa shape index (κ1) is 21.6. The van der Waals surface area contributed by atoms with Crippen LogP contribution in [-0.4, -0.2) is 38.9 Å². The highest BCUT2D eigenvalue weighted by molar-refractivity contribution is 5.78. The summed E-state index contributed by atoms with van der Waals surface area (Å²) in [5.74, 6) is 0.116.